The third kappa shape index (κ3) is 6.07. The molecule has 0 saturated carbocycles. The van der Waals surface area contributed by atoms with Crippen molar-refractivity contribution in [3.8, 4) is 5.75 Å². The Morgan fingerprint density at radius 3 is 2.49 bits per heavy atom. The number of para-hydroxylation sites is 2. The summed E-state index contributed by atoms with van der Waals surface area (Å²) >= 11 is 0. The third-order valence-corrected chi connectivity index (χ3v) is 6.31. The van der Waals surface area contributed by atoms with Crippen molar-refractivity contribution in [2.75, 3.05) is 63.1 Å². The highest BCUT2D eigenvalue weighted by Gasteiger charge is 2.35. The fraction of sp³-hybridized carbons (Fsp3) is 0.400. The van der Waals surface area contributed by atoms with Crippen LogP contribution in [0.3, 0.4) is 0 Å². The maximum Gasteiger partial charge on any atom is 0.243 e. The molecule has 3 amide bonds. The molecule has 2 aromatic rings. The van der Waals surface area contributed by atoms with Gasteiger partial charge in [-0.05, 0) is 36.4 Å². The van der Waals surface area contributed by atoms with Gasteiger partial charge in [0.25, 0.3) is 0 Å². The number of amides is 3. The van der Waals surface area contributed by atoms with Crippen molar-refractivity contribution in [2.24, 2.45) is 0 Å². The highest BCUT2D eigenvalue weighted by molar-refractivity contribution is 5.97. The van der Waals surface area contributed by atoms with Crippen molar-refractivity contribution in [1.29, 1.82) is 0 Å². The van der Waals surface area contributed by atoms with Crippen molar-refractivity contribution in [3.63, 3.8) is 0 Å². The van der Waals surface area contributed by atoms with Crippen LogP contribution in [0.1, 0.15) is 6.42 Å². The van der Waals surface area contributed by atoms with Crippen LogP contribution in [0.2, 0.25) is 0 Å². The lowest BCUT2D eigenvalue weighted by molar-refractivity contribution is -0.145. The number of hydrogen-bond acceptors (Lipinski definition) is 6. The molecule has 35 heavy (non-hydrogen) atoms. The van der Waals surface area contributed by atoms with E-state index in [-0.39, 0.29) is 24.8 Å². The van der Waals surface area contributed by atoms with Crippen molar-refractivity contribution < 1.29 is 23.5 Å². The van der Waals surface area contributed by atoms with Crippen molar-refractivity contribution >= 4 is 29.1 Å². The minimum absolute atomic E-state index is 0.170. The highest BCUT2D eigenvalue weighted by Crippen LogP contribution is 2.28. The number of carbonyl (C=O) groups excluding carboxylic acids is 3. The summed E-state index contributed by atoms with van der Waals surface area (Å²) in [4.78, 5) is 44.0. The Labute approximate surface area is 203 Å². The summed E-state index contributed by atoms with van der Waals surface area (Å²) in [5.41, 5.74) is 1.46. The summed E-state index contributed by atoms with van der Waals surface area (Å²) in [6.07, 6.45) is -0.170. The number of methoxy groups -OCH3 is 1. The topological polar surface area (TPSA) is 94.2 Å². The zero-order chi connectivity index (χ0) is 24.8. The minimum atomic E-state index is -0.883. The lowest BCUT2D eigenvalue weighted by Gasteiger charge is -2.39. The van der Waals surface area contributed by atoms with Crippen LogP contribution < -0.4 is 20.3 Å². The fourth-order valence-electron chi connectivity index (χ4n) is 4.46. The van der Waals surface area contributed by atoms with Crippen LogP contribution >= 0.6 is 0 Å². The maximum atomic E-state index is 13.1. The van der Waals surface area contributed by atoms with Gasteiger partial charge in [0.2, 0.25) is 17.7 Å². The van der Waals surface area contributed by atoms with E-state index in [2.05, 4.69) is 20.4 Å². The molecule has 0 bridgehead atoms. The van der Waals surface area contributed by atoms with Gasteiger partial charge in [0.05, 0.1) is 25.8 Å². The molecule has 0 radical (unpaired) electrons. The average Bonchev–Trinajstić information content (AvgIpc) is 2.87. The summed E-state index contributed by atoms with van der Waals surface area (Å²) in [5.74, 6) is -0.528. The van der Waals surface area contributed by atoms with Gasteiger partial charge in [0.1, 0.15) is 17.6 Å². The number of hydrogen-bond donors (Lipinski definition) is 2. The molecule has 2 fully saturated rings. The molecule has 1 atom stereocenters. The van der Waals surface area contributed by atoms with Gasteiger partial charge in [-0.15, -0.1) is 0 Å². The Morgan fingerprint density at radius 1 is 1.06 bits per heavy atom. The number of nitrogens with one attached hydrogen (secondary N) is 2. The molecule has 2 saturated heterocycles. The van der Waals surface area contributed by atoms with Gasteiger partial charge in [-0.25, -0.2) is 4.39 Å². The van der Waals surface area contributed by atoms with Gasteiger partial charge in [-0.3, -0.25) is 19.3 Å². The first-order chi connectivity index (χ1) is 16.9. The normalized spacial score (nSPS) is 18.7. The molecule has 2 N–H and O–H groups in total. The number of piperazine rings is 2. The van der Waals surface area contributed by atoms with E-state index in [0.29, 0.717) is 31.9 Å². The van der Waals surface area contributed by atoms with Gasteiger partial charge in [0.15, 0.2) is 0 Å². The highest BCUT2D eigenvalue weighted by atomic mass is 19.1. The molecule has 9 nitrogen and oxygen atoms in total. The van der Waals surface area contributed by atoms with Crippen LogP contribution in [0.25, 0.3) is 0 Å². The van der Waals surface area contributed by atoms with E-state index in [0.717, 1.165) is 24.5 Å². The molecular formula is C25H30FN5O4. The number of halogens is 1. The molecule has 10 heteroatoms. The maximum absolute atomic E-state index is 13.1. The van der Waals surface area contributed by atoms with E-state index in [4.69, 9.17) is 4.74 Å². The standard InChI is InChI=1S/C25H30FN5O4/c1-35-22-5-3-2-4-20(22)30-14-12-29(13-15-30)17-24(33)31-11-10-27-25(34)21(31)16-23(32)28-19-8-6-18(26)7-9-19/h2-9,21H,10-17H2,1H3,(H,27,34)(H,28,32)/t21-/m0/s1. The van der Waals surface area contributed by atoms with Crippen LogP contribution in [-0.2, 0) is 14.4 Å². The second kappa shape index (κ2) is 11.2. The van der Waals surface area contributed by atoms with E-state index in [1.54, 1.807) is 7.11 Å². The lowest BCUT2D eigenvalue weighted by Crippen LogP contribution is -2.60. The Balaban J connectivity index is 1.33. The largest absolute Gasteiger partial charge is 0.495 e. The predicted molar refractivity (Wildman–Crippen MR) is 130 cm³/mol. The van der Waals surface area contributed by atoms with E-state index in [1.807, 2.05) is 24.3 Å². The third-order valence-electron chi connectivity index (χ3n) is 6.31. The average molecular weight is 484 g/mol. The van der Waals surface area contributed by atoms with E-state index >= 15 is 0 Å². The molecule has 2 aromatic carbocycles. The first-order valence-corrected chi connectivity index (χ1v) is 11.7. The van der Waals surface area contributed by atoms with Gasteiger partial charge >= 0.3 is 0 Å². The Hall–Kier alpha value is -3.66. The summed E-state index contributed by atoms with van der Waals surface area (Å²) in [7, 11) is 1.65. The van der Waals surface area contributed by atoms with Crippen molar-refractivity contribution in [1.82, 2.24) is 15.1 Å². The predicted octanol–water partition coefficient (Wildman–Crippen LogP) is 1.31. The number of carbonyl (C=O) groups is 3. The van der Waals surface area contributed by atoms with Gasteiger partial charge in [0, 0.05) is 45.0 Å². The van der Waals surface area contributed by atoms with Gasteiger partial charge < -0.3 is 25.2 Å². The number of anilines is 2. The first kappa shape index (κ1) is 24.5. The smallest absolute Gasteiger partial charge is 0.243 e. The van der Waals surface area contributed by atoms with E-state index in [1.165, 1.54) is 29.2 Å². The van der Waals surface area contributed by atoms with Crippen LogP contribution in [0.15, 0.2) is 48.5 Å². The second-order valence-corrected chi connectivity index (χ2v) is 8.59. The second-order valence-electron chi connectivity index (χ2n) is 8.59. The van der Waals surface area contributed by atoms with Crippen LogP contribution in [-0.4, -0.2) is 86.5 Å². The van der Waals surface area contributed by atoms with E-state index in [9.17, 15) is 18.8 Å². The molecule has 2 heterocycles. The number of ether oxygens (including phenoxy) is 1. The molecule has 186 valence electrons. The lowest BCUT2D eigenvalue weighted by atomic mass is 10.1. The Bertz CT molecular complexity index is 1060. The molecule has 2 aliphatic rings. The number of nitrogens with zero attached hydrogens (tertiary/aromatic N) is 3. The molecule has 0 aromatic heterocycles. The molecule has 4 rings (SSSR count). The molecular weight excluding hydrogens is 453 g/mol. The molecule has 0 unspecified atom stereocenters. The van der Waals surface area contributed by atoms with Crippen molar-refractivity contribution in [3.05, 3.63) is 54.3 Å². The molecule has 2 aliphatic heterocycles. The summed E-state index contributed by atoms with van der Waals surface area (Å²) in [6, 6.07) is 12.4. The van der Waals surface area contributed by atoms with Crippen LogP contribution in [0.5, 0.6) is 5.75 Å². The quantitative estimate of drug-likeness (QED) is 0.617. The minimum Gasteiger partial charge on any atom is -0.495 e. The van der Waals surface area contributed by atoms with E-state index < -0.39 is 17.8 Å². The number of rotatable bonds is 7. The van der Waals surface area contributed by atoms with Crippen molar-refractivity contribution in [2.45, 2.75) is 12.5 Å². The monoisotopic (exact) mass is 483 g/mol. The number of benzene rings is 2. The summed E-state index contributed by atoms with van der Waals surface area (Å²) in [5, 5.41) is 5.40. The van der Waals surface area contributed by atoms with Crippen LogP contribution in [0.4, 0.5) is 15.8 Å². The summed E-state index contributed by atoms with van der Waals surface area (Å²) in [6.45, 7) is 3.76. The zero-order valence-electron chi connectivity index (χ0n) is 19.7. The Morgan fingerprint density at radius 2 is 1.77 bits per heavy atom. The fourth-order valence-corrected chi connectivity index (χ4v) is 4.46. The first-order valence-electron chi connectivity index (χ1n) is 11.7. The Kier molecular flexibility index (Phi) is 7.81. The summed E-state index contributed by atoms with van der Waals surface area (Å²) < 4.78 is 18.6. The SMILES string of the molecule is COc1ccccc1N1CCN(CC(=O)N2CCNC(=O)[C@@H]2CC(=O)Nc2ccc(F)cc2)CC1. The molecule has 0 aliphatic carbocycles. The van der Waals surface area contributed by atoms with Gasteiger partial charge in [-0.1, -0.05) is 12.1 Å². The molecule has 0 spiro atoms. The van der Waals surface area contributed by atoms with Crippen LogP contribution in [0, 0.1) is 5.82 Å². The van der Waals surface area contributed by atoms with Gasteiger partial charge in [-0.2, -0.15) is 0 Å². The zero-order valence-corrected chi connectivity index (χ0v) is 19.7.